The van der Waals surface area contributed by atoms with Gasteiger partial charge in [0.2, 0.25) is 0 Å². The third-order valence-electron chi connectivity index (χ3n) is 7.81. The van der Waals surface area contributed by atoms with Gasteiger partial charge < -0.3 is 34.7 Å². The van der Waals surface area contributed by atoms with E-state index >= 15 is 4.39 Å². The summed E-state index contributed by atoms with van der Waals surface area (Å²) in [5.74, 6) is -0.785. The van der Waals surface area contributed by atoms with Crippen LogP contribution in [0.2, 0.25) is 0 Å². The van der Waals surface area contributed by atoms with Crippen LogP contribution in [0.15, 0.2) is 23.8 Å². The molecule has 7 heterocycles. The minimum atomic E-state index is -4.69. The van der Waals surface area contributed by atoms with Gasteiger partial charge in [-0.15, -0.1) is 0 Å². The smallest absolute Gasteiger partial charge is 0.336 e. The average molecular weight is 705 g/mol. The second-order valence-electron chi connectivity index (χ2n) is 10.7. The fourth-order valence-electron chi connectivity index (χ4n) is 5.71. The van der Waals surface area contributed by atoms with Crippen LogP contribution in [0.5, 0.6) is 0 Å². The molecule has 3 fully saturated rings. The molecule has 9 atom stereocenters. The molecule has 3 aliphatic rings. The highest BCUT2D eigenvalue weighted by atomic mass is 32.5. The second kappa shape index (κ2) is 11.6. The van der Waals surface area contributed by atoms with Gasteiger partial charge in [-0.1, -0.05) is 0 Å². The number of aliphatic hydroxyl groups excluding tert-OH is 1. The number of imidazole rings is 2. The standard InChI is InChI=1S/C22H26FN10O10PS2/c1-8-30-19-14(20(35)31-8)28-7-33(19)22-15-9(3-34)11(41-22)4-39-44(36,45)42-16-10(2-29-46(37,38)43-15)40-21(12(16)23)32-6-27-13-17(24)25-5-26-18(13)32/h5-7,9-12,15-16,21-22,29,34H,2-4H2,1H3,(H,36,45)(H2,24,25,26)(H,30,31,35). The molecule has 0 aromatic carbocycles. The zero-order valence-electron chi connectivity index (χ0n) is 23.5. The molecule has 2 bridgehead atoms. The van der Waals surface area contributed by atoms with Crippen molar-refractivity contribution < 1.29 is 45.5 Å². The Bertz CT molecular complexity index is 2030. The first kappa shape index (κ1) is 31.5. The Morgan fingerprint density at radius 2 is 1.83 bits per heavy atom. The van der Waals surface area contributed by atoms with Crippen molar-refractivity contribution in [1.29, 1.82) is 0 Å². The quantitative estimate of drug-likeness (QED) is 0.151. The number of nitrogens with two attached hydrogens (primary N) is 1. The first-order chi connectivity index (χ1) is 21.9. The van der Waals surface area contributed by atoms with E-state index in [1.165, 1.54) is 21.8 Å². The highest BCUT2D eigenvalue weighted by Crippen LogP contribution is 2.51. The molecule has 0 radical (unpaired) electrons. The summed E-state index contributed by atoms with van der Waals surface area (Å²) in [5.41, 5.74) is 5.62. The minimum Gasteiger partial charge on any atom is -0.396 e. The van der Waals surface area contributed by atoms with E-state index in [-0.39, 0.29) is 34.0 Å². The molecule has 24 heteroatoms. The number of nitrogen functional groups attached to an aromatic ring is 1. The lowest BCUT2D eigenvalue weighted by molar-refractivity contribution is -0.0474. The van der Waals surface area contributed by atoms with Crippen LogP contribution in [-0.2, 0) is 44.8 Å². The number of alkyl halides is 1. The summed E-state index contributed by atoms with van der Waals surface area (Å²) in [4.78, 5) is 46.4. The van der Waals surface area contributed by atoms with E-state index in [1.807, 2.05) is 0 Å². The van der Waals surface area contributed by atoms with Gasteiger partial charge in [0.1, 0.15) is 36.0 Å². The fraction of sp³-hybridized carbons (Fsp3) is 0.545. The Morgan fingerprint density at radius 1 is 1.11 bits per heavy atom. The fourth-order valence-corrected chi connectivity index (χ4v) is 8.11. The Morgan fingerprint density at radius 3 is 2.59 bits per heavy atom. The first-order valence-corrected chi connectivity index (χ1v) is 17.6. The van der Waals surface area contributed by atoms with E-state index in [1.54, 1.807) is 6.92 Å². The van der Waals surface area contributed by atoms with Gasteiger partial charge in [0.15, 0.2) is 41.3 Å². The molecule has 0 amide bonds. The van der Waals surface area contributed by atoms with Gasteiger partial charge in [0, 0.05) is 12.5 Å². The van der Waals surface area contributed by atoms with E-state index in [4.69, 9.17) is 40.2 Å². The molecule has 46 heavy (non-hydrogen) atoms. The summed E-state index contributed by atoms with van der Waals surface area (Å²) in [6.45, 7) is -4.52. The maximum atomic E-state index is 16.0. The van der Waals surface area contributed by atoms with E-state index < -0.39 is 91.3 Å². The van der Waals surface area contributed by atoms with Crippen molar-refractivity contribution >= 4 is 57.0 Å². The Balaban J connectivity index is 1.22. The normalized spacial score (nSPS) is 35.0. The summed E-state index contributed by atoms with van der Waals surface area (Å²) >= 11 is 5.20. The van der Waals surface area contributed by atoms with Crippen LogP contribution in [0.25, 0.3) is 22.3 Å². The van der Waals surface area contributed by atoms with E-state index in [9.17, 15) is 23.2 Å². The number of rotatable bonds is 3. The SMILES string of the molecule is Cc1nc2c(ncn2C2OC3COP(O)(=S)OC4C(CNS(=O)(=O)OC2C3CO)OC(n2cnc3c(N)ncnc32)C4F)c(=O)[nH]1. The van der Waals surface area contributed by atoms with Crippen molar-refractivity contribution in [1.82, 2.24) is 43.8 Å². The lowest BCUT2D eigenvalue weighted by Crippen LogP contribution is -2.43. The van der Waals surface area contributed by atoms with Crippen LogP contribution in [0.4, 0.5) is 10.2 Å². The number of aromatic nitrogens is 8. The highest BCUT2D eigenvalue weighted by Gasteiger charge is 2.53. The molecule has 6 N–H and O–H groups in total. The number of fused-ring (bicyclic) bond motifs is 5. The monoisotopic (exact) mass is 704 g/mol. The van der Waals surface area contributed by atoms with Crippen molar-refractivity contribution in [3.05, 3.63) is 35.2 Å². The van der Waals surface area contributed by atoms with Gasteiger partial charge in [0.05, 0.1) is 32.0 Å². The molecule has 3 saturated heterocycles. The van der Waals surface area contributed by atoms with E-state index in [0.29, 0.717) is 0 Å². The zero-order valence-corrected chi connectivity index (χ0v) is 26.0. The molecule has 3 aliphatic heterocycles. The number of aryl methyl sites for hydroxylation is 1. The van der Waals surface area contributed by atoms with Gasteiger partial charge in [-0.05, 0) is 18.7 Å². The number of hydrogen-bond donors (Lipinski definition) is 5. The number of hydrogen-bond acceptors (Lipinski definition) is 16. The van der Waals surface area contributed by atoms with Crippen LogP contribution in [-0.4, -0.2) is 108 Å². The third kappa shape index (κ3) is 5.49. The summed E-state index contributed by atoms with van der Waals surface area (Å²) in [7, 11) is -4.69. The van der Waals surface area contributed by atoms with Crippen LogP contribution in [0, 0.1) is 12.8 Å². The summed E-state index contributed by atoms with van der Waals surface area (Å²) < 4.78 is 76.0. The average Bonchev–Trinajstić information content (AvgIpc) is 3.75. The van der Waals surface area contributed by atoms with Crippen molar-refractivity contribution in [3.8, 4) is 0 Å². The second-order valence-corrected chi connectivity index (χ2v) is 14.9. The van der Waals surface area contributed by atoms with Crippen LogP contribution in [0.1, 0.15) is 18.3 Å². The molecule has 0 spiro atoms. The number of halogens is 1. The van der Waals surface area contributed by atoms with E-state index in [2.05, 4.69) is 34.6 Å². The van der Waals surface area contributed by atoms with Gasteiger partial charge in [-0.25, -0.2) is 33.5 Å². The number of aromatic amines is 1. The molecule has 9 unspecified atom stereocenters. The Kier molecular flexibility index (Phi) is 7.91. The number of nitrogens with zero attached hydrogens (tertiary/aromatic N) is 7. The van der Waals surface area contributed by atoms with Gasteiger partial charge in [-0.3, -0.25) is 18.5 Å². The van der Waals surface area contributed by atoms with Crippen molar-refractivity contribution in [2.45, 2.75) is 50.0 Å². The molecule has 4 aromatic rings. The predicted molar refractivity (Wildman–Crippen MR) is 155 cm³/mol. The van der Waals surface area contributed by atoms with Crippen molar-refractivity contribution in [2.75, 3.05) is 25.5 Å². The maximum absolute atomic E-state index is 16.0. The van der Waals surface area contributed by atoms with Crippen LogP contribution < -0.4 is 16.0 Å². The lowest BCUT2D eigenvalue weighted by Gasteiger charge is -2.26. The van der Waals surface area contributed by atoms with Crippen LogP contribution in [0.3, 0.4) is 0 Å². The molecule has 7 rings (SSSR count). The van der Waals surface area contributed by atoms with Gasteiger partial charge in [0.25, 0.3) is 5.56 Å². The summed E-state index contributed by atoms with van der Waals surface area (Å²) in [6, 6.07) is 0. The largest absolute Gasteiger partial charge is 0.396 e. The van der Waals surface area contributed by atoms with Gasteiger partial charge >= 0.3 is 17.0 Å². The van der Waals surface area contributed by atoms with Crippen molar-refractivity contribution in [2.24, 2.45) is 5.92 Å². The predicted octanol–water partition coefficient (Wildman–Crippen LogP) is -1.56. The minimum absolute atomic E-state index is 0.0397. The molecule has 20 nitrogen and oxygen atoms in total. The summed E-state index contributed by atoms with van der Waals surface area (Å²) in [5, 5.41) is 10.3. The molecule has 0 aliphatic carbocycles. The molecular weight excluding hydrogens is 678 g/mol. The lowest BCUT2D eigenvalue weighted by atomic mass is 9.99. The highest BCUT2D eigenvalue weighted by molar-refractivity contribution is 8.07. The van der Waals surface area contributed by atoms with Crippen LogP contribution >= 0.6 is 6.72 Å². The Hall–Kier alpha value is -3.09. The first-order valence-electron chi connectivity index (χ1n) is 13.6. The number of H-pyrrole nitrogens is 1. The van der Waals surface area contributed by atoms with Gasteiger partial charge in [-0.2, -0.15) is 13.1 Å². The molecular formula is C22H26FN10O10PS2. The number of aliphatic hydroxyl groups is 1. The van der Waals surface area contributed by atoms with Crippen molar-refractivity contribution in [3.63, 3.8) is 0 Å². The zero-order chi connectivity index (χ0) is 32.5. The molecule has 248 valence electrons. The Labute approximate surface area is 262 Å². The topological polar surface area (TPSA) is 266 Å². The van der Waals surface area contributed by atoms with E-state index in [0.717, 1.165) is 6.33 Å². The maximum Gasteiger partial charge on any atom is 0.336 e. The number of nitrogens with one attached hydrogen (secondary N) is 2. The molecule has 0 saturated carbocycles. The number of ether oxygens (including phenoxy) is 2. The summed E-state index contributed by atoms with van der Waals surface area (Å²) in [6.07, 6.45) is -6.79. The third-order valence-corrected chi connectivity index (χ3v) is 10.4. The number of anilines is 1. The molecule has 4 aromatic heterocycles.